The number of aliphatic imine (C=N–C) groups is 1. The van der Waals surface area contributed by atoms with Gasteiger partial charge < -0.3 is 9.47 Å². The molecular weight excluding hydrogens is 355 g/mol. The van der Waals surface area contributed by atoms with Crippen molar-refractivity contribution in [3.05, 3.63) is 59.4 Å². The molecule has 0 aliphatic carbocycles. The highest BCUT2D eigenvalue weighted by molar-refractivity contribution is 8.13. The Morgan fingerprint density at radius 3 is 2.65 bits per heavy atom. The SMILES string of the molecule is COc1cccc(C(=O)N2CCN=C2SCc2ccc(F)cc2)c1OC. The molecule has 1 aliphatic heterocycles. The lowest BCUT2D eigenvalue weighted by atomic mass is 10.1. The maximum Gasteiger partial charge on any atom is 0.263 e. The molecule has 0 atom stereocenters. The van der Waals surface area contributed by atoms with Crippen molar-refractivity contribution in [2.24, 2.45) is 4.99 Å². The van der Waals surface area contributed by atoms with Gasteiger partial charge in [-0.3, -0.25) is 14.7 Å². The van der Waals surface area contributed by atoms with Crippen molar-refractivity contribution in [1.29, 1.82) is 0 Å². The summed E-state index contributed by atoms with van der Waals surface area (Å²) in [7, 11) is 3.05. The third-order valence-electron chi connectivity index (χ3n) is 3.96. The molecule has 136 valence electrons. The number of thioether (sulfide) groups is 1. The van der Waals surface area contributed by atoms with Gasteiger partial charge in [0.1, 0.15) is 5.82 Å². The Hall–Kier alpha value is -2.54. The van der Waals surface area contributed by atoms with E-state index in [4.69, 9.17) is 9.47 Å². The molecule has 2 aromatic carbocycles. The van der Waals surface area contributed by atoms with E-state index in [9.17, 15) is 9.18 Å². The number of carbonyl (C=O) groups is 1. The van der Waals surface area contributed by atoms with E-state index in [0.717, 1.165) is 5.56 Å². The van der Waals surface area contributed by atoms with Crippen LogP contribution in [0.4, 0.5) is 4.39 Å². The van der Waals surface area contributed by atoms with Crippen LogP contribution in [0.3, 0.4) is 0 Å². The molecule has 0 radical (unpaired) electrons. The molecule has 0 saturated carbocycles. The Morgan fingerprint density at radius 1 is 1.19 bits per heavy atom. The summed E-state index contributed by atoms with van der Waals surface area (Å²) in [5, 5.41) is 0.657. The second-order valence-corrected chi connectivity index (χ2v) is 6.52. The molecular formula is C19H19FN2O3S. The van der Waals surface area contributed by atoms with Crippen molar-refractivity contribution in [3.8, 4) is 11.5 Å². The molecule has 0 bridgehead atoms. The van der Waals surface area contributed by atoms with Crippen molar-refractivity contribution >= 4 is 22.8 Å². The first kappa shape index (κ1) is 18.3. The molecule has 0 unspecified atom stereocenters. The quantitative estimate of drug-likeness (QED) is 0.803. The van der Waals surface area contributed by atoms with Crippen LogP contribution in [0.25, 0.3) is 0 Å². The minimum Gasteiger partial charge on any atom is -0.493 e. The highest BCUT2D eigenvalue weighted by Gasteiger charge is 2.28. The van der Waals surface area contributed by atoms with Gasteiger partial charge >= 0.3 is 0 Å². The zero-order chi connectivity index (χ0) is 18.5. The molecule has 0 spiro atoms. The predicted octanol–water partition coefficient (Wildman–Crippen LogP) is 3.59. The van der Waals surface area contributed by atoms with E-state index in [1.807, 2.05) is 0 Å². The molecule has 1 amide bonds. The average Bonchev–Trinajstić information content (AvgIpc) is 3.14. The molecule has 0 fully saturated rings. The fraction of sp³-hybridized carbons (Fsp3) is 0.263. The van der Waals surface area contributed by atoms with Crippen LogP contribution < -0.4 is 9.47 Å². The van der Waals surface area contributed by atoms with Gasteiger partial charge in [-0.15, -0.1) is 0 Å². The maximum absolute atomic E-state index is 13.0. The topological polar surface area (TPSA) is 51.1 Å². The molecule has 1 heterocycles. The van der Waals surface area contributed by atoms with Gasteiger partial charge in [-0.05, 0) is 29.8 Å². The van der Waals surface area contributed by atoms with E-state index in [1.54, 1.807) is 35.2 Å². The van der Waals surface area contributed by atoms with Gasteiger partial charge in [0.05, 0.1) is 26.3 Å². The van der Waals surface area contributed by atoms with Crippen molar-refractivity contribution in [2.45, 2.75) is 5.75 Å². The zero-order valence-corrected chi connectivity index (χ0v) is 15.4. The number of amides is 1. The first-order valence-electron chi connectivity index (χ1n) is 8.08. The monoisotopic (exact) mass is 374 g/mol. The van der Waals surface area contributed by atoms with Gasteiger partial charge in [0.25, 0.3) is 5.91 Å². The standard InChI is InChI=1S/C19H19FN2O3S/c1-24-16-5-3-4-15(17(16)25-2)18(23)22-11-10-21-19(22)26-12-13-6-8-14(20)9-7-13/h3-9H,10-12H2,1-2H3. The summed E-state index contributed by atoms with van der Waals surface area (Å²) in [5.41, 5.74) is 1.40. The first-order valence-corrected chi connectivity index (χ1v) is 9.07. The highest BCUT2D eigenvalue weighted by Crippen LogP contribution is 2.32. The molecule has 7 heteroatoms. The van der Waals surface area contributed by atoms with Crippen LogP contribution in [-0.2, 0) is 5.75 Å². The van der Waals surface area contributed by atoms with Gasteiger partial charge in [0, 0.05) is 12.3 Å². The highest BCUT2D eigenvalue weighted by atomic mass is 32.2. The zero-order valence-electron chi connectivity index (χ0n) is 14.6. The van der Waals surface area contributed by atoms with Gasteiger partial charge in [-0.25, -0.2) is 4.39 Å². The Morgan fingerprint density at radius 2 is 1.96 bits per heavy atom. The fourth-order valence-corrected chi connectivity index (χ4v) is 3.67. The molecule has 2 aromatic rings. The largest absolute Gasteiger partial charge is 0.493 e. The molecule has 0 N–H and O–H groups in total. The number of ether oxygens (including phenoxy) is 2. The van der Waals surface area contributed by atoms with Crippen LogP contribution in [0.1, 0.15) is 15.9 Å². The van der Waals surface area contributed by atoms with E-state index in [0.29, 0.717) is 41.1 Å². The van der Waals surface area contributed by atoms with Crippen molar-refractivity contribution < 1.29 is 18.7 Å². The molecule has 3 rings (SSSR count). The van der Waals surface area contributed by atoms with Crippen LogP contribution in [-0.4, -0.2) is 43.3 Å². The van der Waals surface area contributed by atoms with Crippen LogP contribution >= 0.6 is 11.8 Å². The number of rotatable bonds is 5. The van der Waals surface area contributed by atoms with Crippen molar-refractivity contribution in [2.75, 3.05) is 27.3 Å². The van der Waals surface area contributed by atoms with Gasteiger partial charge in [-0.1, -0.05) is 30.0 Å². The minimum atomic E-state index is -0.265. The maximum atomic E-state index is 13.0. The number of amidine groups is 1. The molecule has 0 aromatic heterocycles. The lowest BCUT2D eigenvalue weighted by molar-refractivity contribution is 0.0856. The first-order chi connectivity index (χ1) is 12.6. The molecule has 5 nitrogen and oxygen atoms in total. The van der Waals surface area contributed by atoms with Crippen molar-refractivity contribution in [3.63, 3.8) is 0 Å². The molecule has 0 saturated heterocycles. The number of halogens is 1. The van der Waals surface area contributed by atoms with Crippen LogP contribution in [0.5, 0.6) is 11.5 Å². The Balaban J connectivity index is 1.75. The lowest BCUT2D eigenvalue weighted by Gasteiger charge is -2.20. The minimum absolute atomic E-state index is 0.177. The lowest BCUT2D eigenvalue weighted by Crippen LogP contribution is -2.33. The number of benzene rings is 2. The van der Waals surface area contributed by atoms with Crippen molar-refractivity contribution in [1.82, 2.24) is 4.90 Å². The summed E-state index contributed by atoms with van der Waals surface area (Å²) in [5.74, 6) is 1.09. The number of methoxy groups -OCH3 is 2. The summed E-state index contributed by atoms with van der Waals surface area (Å²) in [6.07, 6.45) is 0. The Labute approximate surface area is 155 Å². The molecule has 26 heavy (non-hydrogen) atoms. The summed E-state index contributed by atoms with van der Waals surface area (Å²) < 4.78 is 23.7. The van der Waals surface area contributed by atoms with E-state index >= 15 is 0 Å². The average molecular weight is 374 g/mol. The van der Waals surface area contributed by atoms with Crippen LogP contribution in [0.15, 0.2) is 47.5 Å². The summed E-state index contributed by atoms with van der Waals surface area (Å²) >= 11 is 1.46. The van der Waals surface area contributed by atoms with E-state index in [2.05, 4.69) is 4.99 Å². The third-order valence-corrected chi connectivity index (χ3v) is 5.05. The second kappa shape index (κ2) is 8.23. The summed E-state index contributed by atoms with van der Waals surface area (Å²) in [6.45, 7) is 1.08. The smallest absolute Gasteiger partial charge is 0.263 e. The van der Waals surface area contributed by atoms with Gasteiger partial charge in [0.2, 0.25) is 0 Å². The van der Waals surface area contributed by atoms with E-state index in [1.165, 1.54) is 38.1 Å². The van der Waals surface area contributed by atoms with Gasteiger partial charge in [0.15, 0.2) is 16.7 Å². The summed E-state index contributed by atoms with van der Waals surface area (Å²) in [4.78, 5) is 19.1. The summed E-state index contributed by atoms with van der Waals surface area (Å²) in [6, 6.07) is 11.5. The number of nitrogens with zero attached hydrogens (tertiary/aromatic N) is 2. The number of carbonyl (C=O) groups excluding carboxylic acids is 1. The fourth-order valence-electron chi connectivity index (χ4n) is 2.67. The Kier molecular flexibility index (Phi) is 5.78. The van der Waals surface area contributed by atoms with Gasteiger partial charge in [-0.2, -0.15) is 0 Å². The van der Waals surface area contributed by atoms with E-state index in [-0.39, 0.29) is 11.7 Å². The second-order valence-electron chi connectivity index (χ2n) is 5.58. The van der Waals surface area contributed by atoms with E-state index < -0.39 is 0 Å². The number of hydrogen-bond acceptors (Lipinski definition) is 5. The predicted molar refractivity (Wildman–Crippen MR) is 101 cm³/mol. The van der Waals surface area contributed by atoms with Crippen LogP contribution in [0.2, 0.25) is 0 Å². The van der Waals surface area contributed by atoms with Crippen LogP contribution in [0, 0.1) is 5.82 Å². The molecule has 1 aliphatic rings. The third kappa shape index (κ3) is 3.83. The number of para-hydroxylation sites is 1. The Bertz CT molecular complexity index is 824. The number of hydrogen-bond donors (Lipinski definition) is 0. The normalized spacial score (nSPS) is 13.5.